The van der Waals surface area contributed by atoms with Gasteiger partial charge in [-0.1, -0.05) is 32.3 Å². The lowest BCUT2D eigenvalue weighted by Crippen LogP contribution is -2.48. The monoisotopic (exact) mass is 294 g/mol. The van der Waals surface area contributed by atoms with Crippen LogP contribution in [0, 0.1) is 5.92 Å². The number of piperazine rings is 1. The van der Waals surface area contributed by atoms with E-state index in [0.717, 1.165) is 63.1 Å². The second-order valence-electron chi connectivity index (χ2n) is 6.56. The third kappa shape index (κ3) is 4.78. The van der Waals surface area contributed by atoms with Gasteiger partial charge in [-0.25, -0.2) is 0 Å². The van der Waals surface area contributed by atoms with Crippen LogP contribution in [0.4, 0.5) is 0 Å². The molecule has 1 atom stereocenters. The van der Waals surface area contributed by atoms with Crippen LogP contribution in [0.3, 0.4) is 0 Å². The van der Waals surface area contributed by atoms with Gasteiger partial charge in [-0.15, -0.1) is 0 Å². The van der Waals surface area contributed by atoms with Gasteiger partial charge in [0.15, 0.2) is 5.82 Å². The van der Waals surface area contributed by atoms with Crippen molar-refractivity contribution in [3.05, 3.63) is 11.7 Å². The summed E-state index contributed by atoms with van der Waals surface area (Å²) in [6.45, 7) is 14.6. The molecule has 1 aliphatic heterocycles. The number of unbranched alkanes of at least 4 members (excludes halogenated alkanes) is 1. The van der Waals surface area contributed by atoms with Gasteiger partial charge in [-0.05, 0) is 19.3 Å². The van der Waals surface area contributed by atoms with Crippen LogP contribution in [-0.4, -0.2) is 52.7 Å². The number of rotatable bonds is 7. The van der Waals surface area contributed by atoms with Crippen LogP contribution in [0.5, 0.6) is 0 Å². The molecule has 0 amide bonds. The van der Waals surface area contributed by atoms with Crippen LogP contribution in [-0.2, 0) is 6.42 Å². The molecule has 120 valence electrons. The van der Waals surface area contributed by atoms with E-state index in [0.29, 0.717) is 0 Å². The van der Waals surface area contributed by atoms with Crippen molar-refractivity contribution < 1.29 is 4.52 Å². The Morgan fingerprint density at radius 1 is 1.14 bits per heavy atom. The average Bonchev–Trinajstić information content (AvgIpc) is 2.93. The lowest BCUT2D eigenvalue weighted by Gasteiger charge is -2.37. The number of hydrogen-bond donors (Lipinski definition) is 0. The van der Waals surface area contributed by atoms with Crippen LogP contribution in [0.25, 0.3) is 0 Å². The van der Waals surface area contributed by atoms with Crippen molar-refractivity contribution in [1.82, 2.24) is 19.9 Å². The highest BCUT2D eigenvalue weighted by atomic mass is 16.5. The maximum Gasteiger partial charge on any atom is 0.243 e. The largest absolute Gasteiger partial charge is 0.338 e. The molecule has 1 aromatic rings. The Morgan fingerprint density at radius 3 is 2.48 bits per heavy atom. The van der Waals surface area contributed by atoms with E-state index in [1.165, 1.54) is 6.54 Å². The van der Waals surface area contributed by atoms with E-state index in [9.17, 15) is 0 Å². The molecule has 5 heteroatoms. The summed E-state index contributed by atoms with van der Waals surface area (Å²) in [6, 6.07) is 0.231. The standard InChI is InChI=1S/C16H30N4O/c1-5-6-7-15-17-16(21-18-15)14(4)20-10-8-19(9-11-20)12-13(2)3/h13-14H,5-12H2,1-4H3. The smallest absolute Gasteiger partial charge is 0.243 e. The highest BCUT2D eigenvalue weighted by Gasteiger charge is 2.25. The van der Waals surface area contributed by atoms with E-state index in [-0.39, 0.29) is 6.04 Å². The number of aromatic nitrogens is 2. The zero-order chi connectivity index (χ0) is 15.2. The predicted octanol–water partition coefficient (Wildman–Crippen LogP) is 2.75. The number of aryl methyl sites for hydroxylation is 1. The van der Waals surface area contributed by atoms with Gasteiger partial charge in [0, 0.05) is 39.1 Å². The van der Waals surface area contributed by atoms with Crippen molar-refractivity contribution in [2.45, 2.75) is 53.0 Å². The summed E-state index contributed by atoms with van der Waals surface area (Å²) >= 11 is 0. The van der Waals surface area contributed by atoms with E-state index >= 15 is 0 Å². The van der Waals surface area contributed by atoms with E-state index < -0.39 is 0 Å². The Bertz CT molecular complexity index is 410. The molecule has 0 aliphatic carbocycles. The van der Waals surface area contributed by atoms with E-state index in [2.05, 4.69) is 47.6 Å². The van der Waals surface area contributed by atoms with Crippen molar-refractivity contribution in [1.29, 1.82) is 0 Å². The lowest BCUT2D eigenvalue weighted by atomic mass is 10.1. The molecule has 0 spiro atoms. The zero-order valence-electron chi connectivity index (χ0n) is 14.0. The summed E-state index contributed by atoms with van der Waals surface area (Å²) in [5.41, 5.74) is 0. The zero-order valence-corrected chi connectivity index (χ0v) is 14.0. The first-order chi connectivity index (χ1) is 10.1. The van der Waals surface area contributed by atoms with Crippen LogP contribution in [0.2, 0.25) is 0 Å². The molecule has 0 N–H and O–H groups in total. The normalized spacial score (nSPS) is 19.3. The van der Waals surface area contributed by atoms with E-state index in [1.54, 1.807) is 0 Å². The van der Waals surface area contributed by atoms with Crippen LogP contribution < -0.4 is 0 Å². The molecule has 5 nitrogen and oxygen atoms in total. The van der Waals surface area contributed by atoms with Gasteiger partial charge in [0.2, 0.25) is 5.89 Å². The summed E-state index contributed by atoms with van der Waals surface area (Å²) < 4.78 is 5.45. The third-order valence-electron chi connectivity index (χ3n) is 4.17. The summed E-state index contributed by atoms with van der Waals surface area (Å²) in [6.07, 6.45) is 3.22. The maximum absolute atomic E-state index is 5.45. The molecule has 0 aromatic carbocycles. The van der Waals surface area contributed by atoms with Gasteiger partial charge >= 0.3 is 0 Å². The maximum atomic E-state index is 5.45. The SMILES string of the molecule is CCCCc1noc(C(C)N2CCN(CC(C)C)CC2)n1. The Hall–Kier alpha value is -0.940. The van der Waals surface area contributed by atoms with Gasteiger partial charge in [0.1, 0.15) is 0 Å². The highest BCUT2D eigenvalue weighted by Crippen LogP contribution is 2.20. The number of hydrogen-bond acceptors (Lipinski definition) is 5. The molecule has 1 aromatic heterocycles. The van der Waals surface area contributed by atoms with Gasteiger partial charge in [0.05, 0.1) is 6.04 Å². The minimum absolute atomic E-state index is 0.231. The first kappa shape index (κ1) is 16.4. The Balaban J connectivity index is 1.83. The van der Waals surface area contributed by atoms with Crippen LogP contribution >= 0.6 is 0 Å². The molecule has 2 rings (SSSR count). The fourth-order valence-electron chi connectivity index (χ4n) is 2.88. The van der Waals surface area contributed by atoms with Crippen molar-refractivity contribution in [2.24, 2.45) is 5.92 Å². The first-order valence-electron chi connectivity index (χ1n) is 8.39. The molecular formula is C16H30N4O. The fraction of sp³-hybridized carbons (Fsp3) is 0.875. The molecule has 1 unspecified atom stereocenters. The molecule has 0 bridgehead atoms. The van der Waals surface area contributed by atoms with Crippen molar-refractivity contribution >= 4 is 0 Å². The minimum Gasteiger partial charge on any atom is -0.338 e. The highest BCUT2D eigenvalue weighted by molar-refractivity contribution is 4.93. The topological polar surface area (TPSA) is 45.4 Å². The van der Waals surface area contributed by atoms with E-state index in [4.69, 9.17) is 4.52 Å². The summed E-state index contributed by atoms with van der Waals surface area (Å²) in [7, 11) is 0. The molecule has 2 heterocycles. The minimum atomic E-state index is 0.231. The number of nitrogens with zero attached hydrogens (tertiary/aromatic N) is 4. The lowest BCUT2D eigenvalue weighted by molar-refractivity contribution is 0.0821. The second-order valence-corrected chi connectivity index (χ2v) is 6.56. The molecule has 1 aliphatic rings. The second kappa shape index (κ2) is 7.90. The average molecular weight is 294 g/mol. The van der Waals surface area contributed by atoms with Crippen LogP contribution in [0.1, 0.15) is 58.3 Å². The molecular weight excluding hydrogens is 264 g/mol. The molecule has 0 saturated carbocycles. The van der Waals surface area contributed by atoms with Crippen molar-refractivity contribution in [2.75, 3.05) is 32.7 Å². The molecule has 1 saturated heterocycles. The Labute approximate surface area is 128 Å². The summed E-state index contributed by atoms with van der Waals surface area (Å²) in [5.74, 6) is 2.38. The van der Waals surface area contributed by atoms with Gasteiger partial charge in [0.25, 0.3) is 0 Å². The molecule has 21 heavy (non-hydrogen) atoms. The Kier molecular flexibility index (Phi) is 6.18. The predicted molar refractivity (Wildman–Crippen MR) is 84.2 cm³/mol. The van der Waals surface area contributed by atoms with E-state index in [1.807, 2.05) is 0 Å². The molecule has 1 fully saturated rings. The summed E-state index contributed by atoms with van der Waals surface area (Å²) in [5, 5.41) is 4.10. The van der Waals surface area contributed by atoms with Crippen molar-refractivity contribution in [3.8, 4) is 0 Å². The van der Waals surface area contributed by atoms with Gasteiger partial charge < -0.3 is 9.42 Å². The summed E-state index contributed by atoms with van der Waals surface area (Å²) in [4.78, 5) is 9.56. The first-order valence-corrected chi connectivity index (χ1v) is 8.39. The molecule has 0 radical (unpaired) electrons. The van der Waals surface area contributed by atoms with Gasteiger partial charge in [-0.3, -0.25) is 4.90 Å². The quantitative estimate of drug-likeness (QED) is 0.774. The van der Waals surface area contributed by atoms with Gasteiger partial charge in [-0.2, -0.15) is 4.98 Å². The van der Waals surface area contributed by atoms with Crippen molar-refractivity contribution in [3.63, 3.8) is 0 Å². The van der Waals surface area contributed by atoms with Crippen LogP contribution in [0.15, 0.2) is 4.52 Å². The Morgan fingerprint density at radius 2 is 1.86 bits per heavy atom. The third-order valence-corrected chi connectivity index (χ3v) is 4.17. The fourth-order valence-corrected chi connectivity index (χ4v) is 2.88.